The molecule has 0 saturated carbocycles. The molecule has 1 heterocycles. The van der Waals surface area contributed by atoms with Gasteiger partial charge in [-0.15, -0.1) is 0 Å². The molecule has 0 aromatic heterocycles. The van der Waals surface area contributed by atoms with Crippen LogP contribution in [-0.4, -0.2) is 67.3 Å². The predicted octanol–water partition coefficient (Wildman–Crippen LogP) is 1.38. The first kappa shape index (κ1) is 23.8. The number of amides is 2. The molecule has 0 aliphatic carbocycles. The molecule has 8 nitrogen and oxygen atoms in total. The molecule has 2 N–H and O–H groups in total. The molecule has 0 radical (unpaired) electrons. The molecule has 1 aromatic carbocycles. The Kier molecular flexibility index (Phi) is 8.31. The predicted molar refractivity (Wildman–Crippen MR) is 116 cm³/mol. The van der Waals surface area contributed by atoms with Crippen LogP contribution < -0.4 is 10.6 Å². The van der Waals surface area contributed by atoms with E-state index in [0.717, 1.165) is 5.56 Å². The van der Waals surface area contributed by atoms with Gasteiger partial charge in [0.15, 0.2) is 5.11 Å². The quantitative estimate of drug-likeness (QED) is 0.396. The lowest BCUT2D eigenvalue weighted by molar-refractivity contribution is -0.148. The van der Waals surface area contributed by atoms with Crippen molar-refractivity contribution < 1.29 is 23.9 Å². The molecule has 30 heavy (non-hydrogen) atoms. The smallest absolute Gasteiger partial charge is 0.308 e. The molecule has 1 fully saturated rings. The van der Waals surface area contributed by atoms with Crippen LogP contribution >= 0.6 is 12.2 Å². The number of rotatable bonds is 6. The Bertz CT molecular complexity index is 789. The number of nitrogens with zero attached hydrogens (tertiary/aromatic N) is 1. The third-order valence-corrected chi connectivity index (χ3v) is 5.07. The molecule has 1 aliphatic rings. The van der Waals surface area contributed by atoms with Gasteiger partial charge in [0, 0.05) is 25.8 Å². The van der Waals surface area contributed by atoms with E-state index in [1.54, 1.807) is 17.0 Å². The van der Waals surface area contributed by atoms with Crippen molar-refractivity contribution in [2.75, 3.05) is 33.4 Å². The Balaban J connectivity index is 2.02. The van der Waals surface area contributed by atoms with E-state index in [-0.39, 0.29) is 42.0 Å². The lowest BCUT2D eigenvalue weighted by Gasteiger charge is -2.36. The summed E-state index contributed by atoms with van der Waals surface area (Å²) in [4.78, 5) is 38.5. The largest absolute Gasteiger partial charge is 0.463 e. The lowest BCUT2D eigenvalue weighted by Crippen LogP contribution is -2.60. The highest BCUT2D eigenvalue weighted by atomic mass is 32.1. The summed E-state index contributed by atoms with van der Waals surface area (Å²) in [5.74, 6) is -1.24. The maximum Gasteiger partial charge on any atom is 0.308 e. The normalized spacial score (nSPS) is 16.6. The Morgan fingerprint density at radius 2 is 1.90 bits per heavy atom. The number of methoxy groups -OCH3 is 1. The fourth-order valence-corrected chi connectivity index (χ4v) is 3.29. The van der Waals surface area contributed by atoms with E-state index in [2.05, 4.69) is 31.4 Å². The van der Waals surface area contributed by atoms with Crippen molar-refractivity contribution in [1.29, 1.82) is 0 Å². The van der Waals surface area contributed by atoms with E-state index in [1.807, 2.05) is 12.1 Å². The highest BCUT2D eigenvalue weighted by molar-refractivity contribution is 7.80. The van der Waals surface area contributed by atoms with Crippen LogP contribution in [0.5, 0.6) is 0 Å². The zero-order valence-electron chi connectivity index (χ0n) is 17.8. The number of benzene rings is 1. The van der Waals surface area contributed by atoms with Crippen molar-refractivity contribution in [3.05, 3.63) is 35.4 Å². The van der Waals surface area contributed by atoms with Gasteiger partial charge in [0.1, 0.15) is 12.6 Å². The average molecular weight is 436 g/mol. The molecule has 1 aromatic rings. The molecular formula is C21H29N3O5S. The van der Waals surface area contributed by atoms with E-state index in [1.165, 1.54) is 7.11 Å². The Morgan fingerprint density at radius 3 is 2.50 bits per heavy atom. The summed E-state index contributed by atoms with van der Waals surface area (Å²) in [7, 11) is 1.50. The summed E-state index contributed by atoms with van der Waals surface area (Å²) in [6.07, 6.45) is -0.175. The summed E-state index contributed by atoms with van der Waals surface area (Å²) in [6.45, 7) is 7.41. The van der Waals surface area contributed by atoms with E-state index in [4.69, 9.17) is 21.7 Å². The van der Waals surface area contributed by atoms with Gasteiger partial charge in [-0.05, 0) is 35.3 Å². The second kappa shape index (κ2) is 10.5. The molecule has 1 atom stereocenters. The first-order chi connectivity index (χ1) is 14.1. The summed E-state index contributed by atoms with van der Waals surface area (Å²) < 4.78 is 9.89. The van der Waals surface area contributed by atoms with Crippen LogP contribution in [0.4, 0.5) is 0 Å². The third kappa shape index (κ3) is 6.50. The van der Waals surface area contributed by atoms with Crippen LogP contribution in [0, 0.1) is 0 Å². The fourth-order valence-electron chi connectivity index (χ4n) is 2.98. The van der Waals surface area contributed by atoms with Gasteiger partial charge in [0.05, 0.1) is 13.0 Å². The molecule has 1 unspecified atom stereocenters. The van der Waals surface area contributed by atoms with Gasteiger partial charge >= 0.3 is 5.97 Å². The standard InChI is InChI=1S/C21H29N3O5S/c1-21(2,3)15-7-5-14(6-8-15)18(26)23-20(30)24-10-9-22-19(27)16(24)13-17(25)29-12-11-28-4/h5-8,16H,9-13H2,1-4H3,(H,22,27)(H,23,26,30). The molecule has 1 saturated heterocycles. The number of hydrogen-bond donors (Lipinski definition) is 2. The molecule has 164 valence electrons. The Morgan fingerprint density at radius 1 is 1.23 bits per heavy atom. The molecule has 1 aliphatic heterocycles. The lowest BCUT2D eigenvalue weighted by atomic mass is 9.87. The summed E-state index contributed by atoms with van der Waals surface area (Å²) in [5.41, 5.74) is 1.56. The number of carbonyl (C=O) groups is 3. The van der Waals surface area contributed by atoms with Crippen molar-refractivity contribution in [3.8, 4) is 0 Å². The van der Waals surface area contributed by atoms with Gasteiger partial charge in [0.2, 0.25) is 5.91 Å². The second-order valence-electron chi connectivity index (χ2n) is 8.00. The maximum absolute atomic E-state index is 12.6. The minimum atomic E-state index is -0.843. The number of carbonyl (C=O) groups excluding carboxylic acids is 3. The van der Waals surface area contributed by atoms with E-state index < -0.39 is 12.0 Å². The van der Waals surface area contributed by atoms with Crippen LogP contribution in [0.25, 0.3) is 0 Å². The van der Waals surface area contributed by atoms with Gasteiger partial charge in [-0.25, -0.2) is 0 Å². The number of thiocarbonyl (C=S) groups is 1. The van der Waals surface area contributed by atoms with Crippen molar-refractivity contribution in [2.45, 2.75) is 38.6 Å². The van der Waals surface area contributed by atoms with E-state index in [0.29, 0.717) is 18.7 Å². The third-order valence-electron chi connectivity index (χ3n) is 4.74. The molecule has 0 bridgehead atoms. The SMILES string of the molecule is COCCOC(=O)CC1C(=O)NCCN1C(=S)NC(=O)c1ccc(C(C)(C)C)cc1. The van der Waals surface area contributed by atoms with Crippen molar-refractivity contribution in [3.63, 3.8) is 0 Å². The average Bonchev–Trinajstić information content (AvgIpc) is 2.69. The summed E-state index contributed by atoms with van der Waals surface area (Å²) in [5, 5.41) is 5.48. The van der Waals surface area contributed by atoms with Crippen molar-refractivity contribution >= 4 is 35.1 Å². The van der Waals surface area contributed by atoms with Crippen LogP contribution in [0.2, 0.25) is 0 Å². The topological polar surface area (TPSA) is 97.0 Å². The van der Waals surface area contributed by atoms with E-state index in [9.17, 15) is 14.4 Å². The fraction of sp³-hybridized carbons (Fsp3) is 0.524. The maximum atomic E-state index is 12.6. The van der Waals surface area contributed by atoms with Gasteiger partial charge in [0.25, 0.3) is 5.91 Å². The molecule has 9 heteroatoms. The summed E-state index contributed by atoms with van der Waals surface area (Å²) in [6, 6.07) is 6.46. The Labute approximate surface area is 182 Å². The number of esters is 1. The van der Waals surface area contributed by atoms with Crippen molar-refractivity contribution in [2.24, 2.45) is 0 Å². The number of nitrogens with one attached hydrogen (secondary N) is 2. The first-order valence-corrected chi connectivity index (χ1v) is 10.2. The number of hydrogen-bond acceptors (Lipinski definition) is 6. The number of piperazine rings is 1. The minimum Gasteiger partial charge on any atom is -0.463 e. The molecule has 2 amide bonds. The second-order valence-corrected chi connectivity index (χ2v) is 8.39. The van der Waals surface area contributed by atoms with Crippen LogP contribution in [0.3, 0.4) is 0 Å². The molecular weight excluding hydrogens is 406 g/mol. The van der Waals surface area contributed by atoms with Gasteiger partial charge in [-0.3, -0.25) is 19.7 Å². The van der Waals surface area contributed by atoms with Gasteiger partial charge in [-0.1, -0.05) is 32.9 Å². The van der Waals surface area contributed by atoms with Gasteiger partial charge < -0.3 is 19.7 Å². The van der Waals surface area contributed by atoms with Crippen LogP contribution in [0.1, 0.15) is 43.1 Å². The van der Waals surface area contributed by atoms with Crippen molar-refractivity contribution in [1.82, 2.24) is 15.5 Å². The number of ether oxygens (including phenoxy) is 2. The van der Waals surface area contributed by atoms with Gasteiger partial charge in [-0.2, -0.15) is 0 Å². The molecule has 2 rings (SSSR count). The highest BCUT2D eigenvalue weighted by Crippen LogP contribution is 2.22. The zero-order chi connectivity index (χ0) is 22.3. The van der Waals surface area contributed by atoms with Crippen LogP contribution in [-0.2, 0) is 24.5 Å². The minimum absolute atomic E-state index is 0.0173. The highest BCUT2D eigenvalue weighted by Gasteiger charge is 2.34. The monoisotopic (exact) mass is 435 g/mol. The van der Waals surface area contributed by atoms with E-state index >= 15 is 0 Å². The van der Waals surface area contributed by atoms with Crippen LogP contribution in [0.15, 0.2) is 24.3 Å². The summed E-state index contributed by atoms with van der Waals surface area (Å²) >= 11 is 5.37. The Hall–Kier alpha value is -2.52. The zero-order valence-corrected chi connectivity index (χ0v) is 18.6. The molecule has 0 spiro atoms. The first-order valence-electron chi connectivity index (χ1n) is 9.78.